The van der Waals surface area contributed by atoms with Crippen molar-refractivity contribution in [2.24, 2.45) is 0 Å². The smallest absolute Gasteiger partial charge is 0.255 e. The fraction of sp³-hybridized carbons (Fsp3) is 0.263. The van der Waals surface area contributed by atoms with Crippen LogP contribution in [0.4, 0.5) is 0 Å². The fourth-order valence-electron chi connectivity index (χ4n) is 2.74. The molecule has 0 radical (unpaired) electrons. The molecule has 24 heavy (non-hydrogen) atoms. The Morgan fingerprint density at radius 1 is 1.08 bits per heavy atom. The van der Waals surface area contributed by atoms with Gasteiger partial charge in [0.05, 0.1) is 11.9 Å². The predicted molar refractivity (Wildman–Crippen MR) is 96.7 cm³/mol. The minimum Gasteiger partial charge on any atom is -0.348 e. The van der Waals surface area contributed by atoms with Crippen LogP contribution in [-0.2, 0) is 4.79 Å². The van der Waals surface area contributed by atoms with Gasteiger partial charge in [0.15, 0.2) is 0 Å². The minimum absolute atomic E-state index is 0.0852. The summed E-state index contributed by atoms with van der Waals surface area (Å²) in [5, 5.41) is 3.03. The first-order valence-corrected chi connectivity index (χ1v) is 9.11. The molecule has 2 aromatic carbocycles. The van der Waals surface area contributed by atoms with E-state index in [9.17, 15) is 9.59 Å². The maximum Gasteiger partial charge on any atom is 0.255 e. The normalized spacial score (nSPS) is 18.2. The van der Waals surface area contributed by atoms with E-state index in [-0.39, 0.29) is 17.9 Å². The largest absolute Gasteiger partial charge is 0.348 e. The number of amides is 2. The van der Waals surface area contributed by atoms with Gasteiger partial charge in [-0.2, -0.15) is 0 Å². The summed E-state index contributed by atoms with van der Waals surface area (Å²) in [5.41, 5.74) is 1.67. The number of hydrogen-bond acceptors (Lipinski definition) is 3. The van der Waals surface area contributed by atoms with E-state index >= 15 is 0 Å². The Morgan fingerprint density at radius 2 is 1.71 bits per heavy atom. The molecule has 2 aromatic rings. The van der Waals surface area contributed by atoms with Crippen molar-refractivity contribution in [1.29, 1.82) is 0 Å². The molecule has 1 fully saturated rings. The summed E-state index contributed by atoms with van der Waals surface area (Å²) < 4.78 is 0. The molecular weight excluding hydrogens is 320 g/mol. The molecule has 1 saturated heterocycles. The number of carbonyl (C=O) groups excluding carboxylic acids is 2. The van der Waals surface area contributed by atoms with Crippen molar-refractivity contribution in [1.82, 2.24) is 10.2 Å². The lowest BCUT2D eigenvalue weighted by Crippen LogP contribution is -2.47. The molecule has 2 amide bonds. The Labute approximate surface area is 146 Å². The van der Waals surface area contributed by atoms with Crippen LogP contribution in [-0.4, -0.2) is 34.4 Å². The SMILES string of the molecule is CC(NC(=O)C1CSCN1C(=O)c1ccccc1)c1ccccc1. The number of carbonyl (C=O) groups is 2. The van der Waals surface area contributed by atoms with Crippen LogP contribution in [0.15, 0.2) is 60.7 Å². The molecule has 1 heterocycles. The molecule has 0 bridgehead atoms. The van der Waals surface area contributed by atoms with Crippen LogP contribution in [0.25, 0.3) is 0 Å². The van der Waals surface area contributed by atoms with Crippen molar-refractivity contribution in [2.75, 3.05) is 11.6 Å². The highest BCUT2D eigenvalue weighted by molar-refractivity contribution is 7.99. The molecule has 124 valence electrons. The van der Waals surface area contributed by atoms with Gasteiger partial charge < -0.3 is 10.2 Å². The molecule has 0 aliphatic carbocycles. The first-order valence-electron chi connectivity index (χ1n) is 7.96. The Morgan fingerprint density at radius 3 is 2.38 bits per heavy atom. The molecule has 0 spiro atoms. The zero-order chi connectivity index (χ0) is 16.9. The molecule has 2 atom stereocenters. The van der Waals surface area contributed by atoms with Gasteiger partial charge in [-0.1, -0.05) is 48.5 Å². The lowest BCUT2D eigenvalue weighted by molar-refractivity contribution is -0.125. The summed E-state index contributed by atoms with van der Waals surface area (Å²) in [6, 6.07) is 18.4. The highest BCUT2D eigenvalue weighted by Crippen LogP contribution is 2.24. The third-order valence-electron chi connectivity index (χ3n) is 4.12. The zero-order valence-corrected chi connectivity index (χ0v) is 14.3. The van der Waals surface area contributed by atoms with Crippen LogP contribution >= 0.6 is 11.8 Å². The maximum absolute atomic E-state index is 12.7. The van der Waals surface area contributed by atoms with E-state index in [1.165, 1.54) is 0 Å². The third kappa shape index (κ3) is 3.62. The minimum atomic E-state index is -0.422. The first-order chi connectivity index (χ1) is 11.7. The van der Waals surface area contributed by atoms with Crippen LogP contribution in [0.3, 0.4) is 0 Å². The molecule has 1 aliphatic heterocycles. The molecule has 1 aliphatic rings. The number of rotatable bonds is 4. The summed E-state index contributed by atoms with van der Waals surface area (Å²) in [6.07, 6.45) is 0. The molecule has 4 nitrogen and oxygen atoms in total. The fourth-order valence-corrected chi connectivity index (χ4v) is 3.90. The molecule has 5 heteroatoms. The molecule has 0 saturated carbocycles. The van der Waals surface area contributed by atoms with E-state index in [4.69, 9.17) is 0 Å². The number of benzene rings is 2. The molecule has 2 unspecified atom stereocenters. The first kappa shape index (κ1) is 16.6. The summed E-state index contributed by atoms with van der Waals surface area (Å²) in [6.45, 7) is 1.96. The van der Waals surface area contributed by atoms with E-state index in [0.717, 1.165) is 5.56 Å². The Bertz CT molecular complexity index is 706. The van der Waals surface area contributed by atoms with Gasteiger partial charge in [0, 0.05) is 11.3 Å². The van der Waals surface area contributed by atoms with Gasteiger partial charge in [-0.15, -0.1) is 11.8 Å². The molecule has 3 rings (SSSR count). The van der Waals surface area contributed by atoms with Gasteiger partial charge in [-0.3, -0.25) is 9.59 Å². The third-order valence-corrected chi connectivity index (χ3v) is 5.14. The van der Waals surface area contributed by atoms with Crippen molar-refractivity contribution < 1.29 is 9.59 Å². The average molecular weight is 340 g/mol. The van der Waals surface area contributed by atoms with Crippen molar-refractivity contribution in [3.8, 4) is 0 Å². The van der Waals surface area contributed by atoms with Crippen molar-refractivity contribution in [3.63, 3.8) is 0 Å². The van der Waals surface area contributed by atoms with E-state index < -0.39 is 6.04 Å². The summed E-state index contributed by atoms with van der Waals surface area (Å²) >= 11 is 1.61. The second-order valence-corrected chi connectivity index (χ2v) is 6.80. The highest BCUT2D eigenvalue weighted by atomic mass is 32.2. The van der Waals surface area contributed by atoms with E-state index in [1.54, 1.807) is 28.8 Å². The second-order valence-electron chi connectivity index (χ2n) is 5.80. The van der Waals surface area contributed by atoms with E-state index in [1.807, 2.05) is 55.5 Å². The monoisotopic (exact) mass is 340 g/mol. The van der Waals surface area contributed by atoms with Crippen LogP contribution in [0, 0.1) is 0 Å². The number of hydrogen-bond donors (Lipinski definition) is 1. The molecular formula is C19H20N2O2S. The van der Waals surface area contributed by atoms with Gasteiger partial charge >= 0.3 is 0 Å². The van der Waals surface area contributed by atoms with Crippen molar-refractivity contribution in [3.05, 3.63) is 71.8 Å². The summed E-state index contributed by atoms with van der Waals surface area (Å²) in [7, 11) is 0. The van der Waals surface area contributed by atoms with Gasteiger partial charge in [0.2, 0.25) is 5.91 Å². The number of nitrogens with one attached hydrogen (secondary N) is 1. The number of thioether (sulfide) groups is 1. The summed E-state index contributed by atoms with van der Waals surface area (Å²) in [5.74, 6) is 0.992. The summed E-state index contributed by atoms with van der Waals surface area (Å²) in [4.78, 5) is 27.0. The second kappa shape index (κ2) is 7.53. The molecule has 0 aromatic heterocycles. The predicted octanol–water partition coefficient (Wildman–Crippen LogP) is 3.08. The van der Waals surface area contributed by atoms with Gasteiger partial charge in [0.1, 0.15) is 6.04 Å². The topological polar surface area (TPSA) is 49.4 Å². The van der Waals surface area contributed by atoms with Crippen molar-refractivity contribution in [2.45, 2.75) is 19.0 Å². The maximum atomic E-state index is 12.7. The van der Waals surface area contributed by atoms with Gasteiger partial charge in [-0.25, -0.2) is 0 Å². The quantitative estimate of drug-likeness (QED) is 0.930. The van der Waals surface area contributed by atoms with E-state index in [2.05, 4.69) is 5.32 Å². The number of nitrogens with zero attached hydrogens (tertiary/aromatic N) is 1. The Kier molecular flexibility index (Phi) is 5.20. The van der Waals surface area contributed by atoms with Crippen LogP contribution < -0.4 is 5.32 Å². The average Bonchev–Trinajstić information content (AvgIpc) is 3.12. The van der Waals surface area contributed by atoms with Gasteiger partial charge in [-0.05, 0) is 24.6 Å². The highest BCUT2D eigenvalue weighted by Gasteiger charge is 2.35. The molecule has 1 N–H and O–H groups in total. The Hall–Kier alpha value is -2.27. The zero-order valence-electron chi connectivity index (χ0n) is 13.5. The van der Waals surface area contributed by atoms with Crippen LogP contribution in [0.5, 0.6) is 0 Å². The lowest BCUT2D eigenvalue weighted by atomic mass is 10.1. The van der Waals surface area contributed by atoms with Crippen LogP contribution in [0.2, 0.25) is 0 Å². The van der Waals surface area contributed by atoms with Crippen LogP contribution in [0.1, 0.15) is 28.9 Å². The lowest BCUT2D eigenvalue weighted by Gasteiger charge is -2.25. The van der Waals surface area contributed by atoms with Gasteiger partial charge in [0.25, 0.3) is 5.91 Å². The van der Waals surface area contributed by atoms with Crippen molar-refractivity contribution >= 4 is 23.6 Å². The Balaban J connectivity index is 1.69. The standard InChI is InChI=1S/C19H20N2O2S/c1-14(15-8-4-2-5-9-15)20-18(22)17-12-24-13-21(17)19(23)16-10-6-3-7-11-16/h2-11,14,17H,12-13H2,1H3,(H,20,22). The van der Waals surface area contributed by atoms with E-state index in [0.29, 0.717) is 17.2 Å².